The van der Waals surface area contributed by atoms with E-state index >= 15 is 0 Å². The van der Waals surface area contributed by atoms with Gasteiger partial charge in [0, 0.05) is 11.8 Å². The molecule has 0 radical (unpaired) electrons. The number of hydrogen-bond donors (Lipinski definition) is 4. The number of aromatic carboxylic acids is 1. The lowest BCUT2D eigenvalue weighted by molar-refractivity contribution is -0.112. The smallest absolute Gasteiger partial charge is 0.356 e. The zero-order valence-electron chi connectivity index (χ0n) is 68.1. The van der Waals surface area contributed by atoms with E-state index < -0.39 is 5.97 Å². The van der Waals surface area contributed by atoms with E-state index in [2.05, 4.69) is 15.6 Å². The van der Waals surface area contributed by atoms with Crippen molar-refractivity contribution in [2.24, 2.45) is 5.84 Å². The third kappa shape index (κ3) is 35.6. The highest BCUT2D eigenvalue weighted by Crippen LogP contribution is 2.41. The predicted molar refractivity (Wildman–Crippen MR) is 434 cm³/mol. The van der Waals surface area contributed by atoms with Crippen molar-refractivity contribution >= 4 is 29.0 Å². The molecule has 9 aromatic rings. The molecular formula is C84H128N6O13. The van der Waals surface area contributed by atoms with Crippen molar-refractivity contribution in [2.45, 2.75) is 159 Å². The Labute approximate surface area is 619 Å². The zero-order chi connectivity index (χ0) is 80.4. The Morgan fingerprint density at radius 2 is 0.650 bits per heavy atom. The number of nitrogen functional groups attached to an aromatic ring is 1. The Hall–Kier alpha value is -10.5. The number of nitrogens with one attached hydrogen (secondary N) is 1. The van der Waals surface area contributed by atoms with E-state index in [0.29, 0.717) is 56.9 Å². The van der Waals surface area contributed by atoms with Gasteiger partial charge < -0.3 is 53.5 Å². The first-order chi connectivity index (χ1) is 50.1. The van der Waals surface area contributed by atoms with Crippen LogP contribution in [0.4, 0.5) is 5.69 Å². The molecule has 5 N–H and O–H groups in total. The number of carbonyl (C=O) groups excluding carboxylic acids is 2. The lowest BCUT2D eigenvalue weighted by atomic mass is 10.1. The van der Waals surface area contributed by atoms with Gasteiger partial charge in [-0.05, 0) is 118 Å². The maximum atomic E-state index is 11.4. The summed E-state index contributed by atoms with van der Waals surface area (Å²) in [4.78, 5) is 33.6. The number of carboxylic acid groups (broad SMARTS) is 1. The molecule has 19 nitrogen and oxygen atoms in total. The molecule has 103 heavy (non-hydrogen) atoms. The average Bonchev–Trinajstić information content (AvgIpc) is 1.67. The summed E-state index contributed by atoms with van der Waals surface area (Å²) < 4.78 is 45.7. The lowest BCUT2D eigenvalue weighted by Crippen LogP contribution is -2.05. The molecule has 0 aliphatic heterocycles. The fraction of sp³-hybridized carbons (Fsp3) is 0.369. The molecule has 0 unspecified atom stereocenters. The highest BCUT2D eigenvalue weighted by Gasteiger charge is 2.23. The number of anilines is 1. The first kappa shape index (κ1) is 103. The van der Waals surface area contributed by atoms with Crippen LogP contribution >= 0.6 is 0 Å². The van der Waals surface area contributed by atoms with Crippen LogP contribution in [-0.4, -0.2) is 104 Å². The Kier molecular flexibility index (Phi) is 67.6. The number of benzene rings is 7. The molecule has 2 aromatic heterocycles. The van der Waals surface area contributed by atoms with Crippen molar-refractivity contribution in [3.05, 3.63) is 205 Å². The standard InChI is InChI=1S/C18H16N2O4.C18H18N2O2.C12H14O4.C10H12O3.C6H8N2.10C2H6/c1-23-15-9-6-10-16(24-2)17(15)14-11-13(18(21)22)19-20(14)12-7-4-3-5-8-12;1-13-12-15(20(19-13)14-8-5-4-6-9-14)18-16(21-2)10-7-11-17(18)22-3;1-8(13)7-9(14)12-10(15-2)5-4-6-11(12)16-3;1-7(11)10-8(12-2)5-4-6-9(10)13-3;7-8-6-4-2-1-3-5-6;10*1-2/h3-11H,1-2H3,(H,21,22);4-12H,1-3H3;4-7,14H,1-3H3;4-6H,1-3H3;1-5,8H,7H2;10*1-2H3/b;;9-7-;;;;;;;;;;;;. The number of allylic oxidation sites excluding steroid dienone is 1. The van der Waals surface area contributed by atoms with E-state index in [1.807, 2.05) is 271 Å². The number of aromatic nitrogens is 4. The van der Waals surface area contributed by atoms with Gasteiger partial charge in [0.2, 0.25) is 0 Å². The van der Waals surface area contributed by atoms with Crippen LogP contribution in [0.1, 0.15) is 184 Å². The summed E-state index contributed by atoms with van der Waals surface area (Å²) in [5.41, 5.74) is 10.0. The second-order valence-electron chi connectivity index (χ2n) is 17.2. The van der Waals surface area contributed by atoms with Gasteiger partial charge >= 0.3 is 5.97 Å². The van der Waals surface area contributed by atoms with E-state index in [-0.39, 0.29) is 23.0 Å². The number of nitrogens with zero attached hydrogens (tertiary/aromatic N) is 4. The molecule has 572 valence electrons. The Morgan fingerprint density at radius 1 is 0.379 bits per heavy atom. The van der Waals surface area contributed by atoms with E-state index in [4.69, 9.17) is 43.7 Å². The minimum absolute atomic E-state index is 0.0539. The summed E-state index contributed by atoms with van der Waals surface area (Å²) in [5, 5.41) is 28.0. The van der Waals surface area contributed by atoms with Crippen LogP contribution < -0.4 is 49.2 Å². The molecule has 0 aliphatic rings. The van der Waals surface area contributed by atoms with Gasteiger partial charge in [-0.1, -0.05) is 217 Å². The van der Waals surface area contributed by atoms with Crippen LogP contribution in [0.15, 0.2) is 182 Å². The number of ketones is 2. The van der Waals surface area contributed by atoms with Crippen LogP contribution in [0.25, 0.3) is 39.6 Å². The number of carbonyl (C=O) groups is 3. The number of Topliss-reactive ketones (excluding diaryl/α,β-unsaturated/α-hetero) is 1. The normalized spacial score (nSPS) is 8.83. The third-order valence-corrected chi connectivity index (χ3v) is 11.9. The molecule has 0 aliphatic carbocycles. The molecule has 0 saturated carbocycles. The van der Waals surface area contributed by atoms with E-state index in [0.717, 1.165) is 51.6 Å². The monoisotopic (exact) mass is 1430 g/mol. The first-order valence-corrected chi connectivity index (χ1v) is 35.4. The second-order valence-corrected chi connectivity index (χ2v) is 17.2. The van der Waals surface area contributed by atoms with Gasteiger partial charge in [0.05, 0.1) is 96.5 Å². The van der Waals surface area contributed by atoms with E-state index in [9.17, 15) is 24.6 Å². The summed E-state index contributed by atoms with van der Waals surface area (Å²) >= 11 is 0. The van der Waals surface area contributed by atoms with Gasteiger partial charge in [-0.3, -0.25) is 15.4 Å². The minimum Gasteiger partial charge on any atom is -0.507 e. The van der Waals surface area contributed by atoms with Crippen LogP contribution in [0.2, 0.25) is 0 Å². The van der Waals surface area contributed by atoms with Crippen LogP contribution in [0.3, 0.4) is 0 Å². The first-order valence-electron chi connectivity index (χ1n) is 35.4. The summed E-state index contributed by atoms with van der Waals surface area (Å²) in [6.45, 7) is 44.8. The Morgan fingerprint density at radius 3 is 0.913 bits per heavy atom. The number of methoxy groups -OCH3 is 8. The molecule has 2 heterocycles. The molecule has 19 heteroatoms. The molecule has 0 amide bonds. The maximum Gasteiger partial charge on any atom is 0.356 e. The van der Waals surface area contributed by atoms with Gasteiger partial charge in [-0.25, -0.2) is 14.2 Å². The molecule has 0 bridgehead atoms. The number of hydrazine groups is 1. The van der Waals surface area contributed by atoms with Crippen molar-refractivity contribution in [1.82, 2.24) is 19.6 Å². The van der Waals surface area contributed by atoms with Crippen molar-refractivity contribution in [1.29, 1.82) is 0 Å². The Bertz CT molecular complexity index is 3480. The number of aryl methyl sites for hydroxylation is 1. The molecule has 9 rings (SSSR count). The number of ether oxygens (including phenoxy) is 8. The summed E-state index contributed by atoms with van der Waals surface area (Å²) in [5.74, 6) is 8.20. The number of rotatable bonds is 17. The molecule has 7 aromatic carbocycles. The van der Waals surface area contributed by atoms with E-state index in [1.165, 1.54) is 48.4 Å². The summed E-state index contributed by atoms with van der Waals surface area (Å²) in [6.07, 6.45) is 1.13. The number of aliphatic hydroxyl groups excluding tert-OH is 1. The van der Waals surface area contributed by atoms with Crippen LogP contribution in [-0.2, 0) is 4.79 Å². The highest BCUT2D eigenvalue weighted by molar-refractivity contribution is 5.99. The zero-order valence-corrected chi connectivity index (χ0v) is 68.1. The topological polar surface area (TPSA) is 239 Å². The maximum absolute atomic E-state index is 11.4. The van der Waals surface area contributed by atoms with Crippen LogP contribution in [0, 0.1) is 6.92 Å². The number of para-hydroxylation sites is 3. The van der Waals surface area contributed by atoms with Crippen LogP contribution in [0.5, 0.6) is 46.0 Å². The van der Waals surface area contributed by atoms with Gasteiger partial charge in [-0.2, -0.15) is 10.2 Å². The second kappa shape index (κ2) is 67.3. The largest absolute Gasteiger partial charge is 0.507 e. The third-order valence-electron chi connectivity index (χ3n) is 11.9. The number of nitrogens with two attached hydrogens (primary N) is 1. The quantitative estimate of drug-likeness (QED) is 0.0218. The summed E-state index contributed by atoms with van der Waals surface area (Å²) in [6, 6.07) is 54.0. The molecular weight excluding hydrogens is 1300 g/mol. The van der Waals surface area contributed by atoms with Gasteiger partial charge in [-0.15, -0.1) is 0 Å². The minimum atomic E-state index is -1.10. The number of aliphatic hydroxyl groups is 1. The van der Waals surface area contributed by atoms with Crippen molar-refractivity contribution in [3.8, 4) is 79.9 Å². The van der Waals surface area contributed by atoms with E-state index in [1.54, 1.807) is 81.7 Å². The SMILES string of the molecule is CC.CC.CC.CC.CC.CC.CC.CC.CC.CC.COc1cccc(OC)c1-c1cc(C(=O)O)nn1-c1ccccc1.COc1cccc(OC)c1-c1cc(C)nn1-c1ccccc1.COc1cccc(OC)c1/C(O)=C/C(C)=O.COc1cccc(OC)c1C(C)=O.NNc1ccccc1. The predicted octanol–water partition coefficient (Wildman–Crippen LogP) is 22.5. The fourth-order valence-electron chi connectivity index (χ4n) is 8.18. The van der Waals surface area contributed by atoms with Gasteiger partial charge in [0.15, 0.2) is 17.3 Å². The lowest BCUT2D eigenvalue weighted by Gasteiger charge is -2.14. The Balaban J connectivity index is -0.000000276. The molecule has 0 saturated heterocycles. The van der Waals surface area contributed by atoms with Crippen molar-refractivity contribution in [2.75, 3.05) is 62.3 Å². The molecule has 0 atom stereocenters. The van der Waals surface area contributed by atoms with Gasteiger partial charge in [0.25, 0.3) is 0 Å². The van der Waals surface area contributed by atoms with Crippen molar-refractivity contribution in [3.63, 3.8) is 0 Å². The molecule has 0 fully saturated rings. The average molecular weight is 1430 g/mol. The van der Waals surface area contributed by atoms with Crippen molar-refractivity contribution < 1.29 is 62.5 Å². The number of carboxylic acids is 1. The molecule has 0 spiro atoms. The highest BCUT2D eigenvalue weighted by atomic mass is 16.5. The number of hydrogen-bond acceptors (Lipinski definition) is 16. The fourth-order valence-corrected chi connectivity index (χ4v) is 8.18. The van der Waals surface area contributed by atoms with Gasteiger partial charge in [0.1, 0.15) is 62.9 Å². The summed E-state index contributed by atoms with van der Waals surface area (Å²) in [7, 11) is 12.5.